The Kier molecular flexibility index (Phi) is 11.8. The van der Waals surface area contributed by atoms with Gasteiger partial charge in [0.1, 0.15) is 0 Å². The molecular formula is C30H43N3O3. The molecule has 0 spiro atoms. The number of nitrogens with zero attached hydrogens (tertiary/aromatic N) is 1. The monoisotopic (exact) mass is 493 g/mol. The molecule has 0 bridgehead atoms. The molecule has 3 rings (SSSR count). The quantitative estimate of drug-likeness (QED) is 0.325. The van der Waals surface area contributed by atoms with Crippen LogP contribution >= 0.6 is 0 Å². The zero-order valence-electron chi connectivity index (χ0n) is 22.1. The van der Waals surface area contributed by atoms with E-state index in [2.05, 4.69) is 52.8 Å². The van der Waals surface area contributed by atoms with Gasteiger partial charge in [0, 0.05) is 44.5 Å². The molecule has 2 N–H and O–H groups in total. The van der Waals surface area contributed by atoms with E-state index < -0.39 is 0 Å². The Labute approximate surface area is 216 Å². The first kappa shape index (κ1) is 27.7. The molecule has 6 nitrogen and oxygen atoms in total. The molecule has 2 aromatic carbocycles. The Hall–Kier alpha value is -2.86. The van der Waals surface area contributed by atoms with Gasteiger partial charge in [-0.3, -0.25) is 9.59 Å². The first-order valence-corrected chi connectivity index (χ1v) is 13.6. The van der Waals surface area contributed by atoms with Crippen molar-refractivity contribution in [1.29, 1.82) is 0 Å². The van der Waals surface area contributed by atoms with Crippen LogP contribution < -0.4 is 15.5 Å². The molecule has 196 valence electrons. The third-order valence-corrected chi connectivity index (χ3v) is 6.95. The lowest BCUT2D eigenvalue weighted by Crippen LogP contribution is -2.36. The predicted molar refractivity (Wildman–Crippen MR) is 148 cm³/mol. The summed E-state index contributed by atoms with van der Waals surface area (Å²) in [5.41, 5.74) is 3.60. The number of unbranched alkanes of at least 4 members (excludes halogenated alkanes) is 4. The number of carbonyl (C=O) groups is 2. The Morgan fingerprint density at radius 3 is 2.47 bits per heavy atom. The van der Waals surface area contributed by atoms with Crippen LogP contribution in [0.4, 0.5) is 11.4 Å². The second-order valence-electron chi connectivity index (χ2n) is 9.81. The van der Waals surface area contributed by atoms with E-state index in [0.29, 0.717) is 36.7 Å². The van der Waals surface area contributed by atoms with Crippen LogP contribution in [0, 0.1) is 5.92 Å². The highest BCUT2D eigenvalue weighted by Crippen LogP contribution is 2.30. The summed E-state index contributed by atoms with van der Waals surface area (Å²) in [6.07, 6.45) is 9.35. The average molecular weight is 494 g/mol. The normalized spacial score (nSPS) is 14.0. The van der Waals surface area contributed by atoms with Gasteiger partial charge in [0.05, 0.1) is 12.2 Å². The van der Waals surface area contributed by atoms with Crippen molar-refractivity contribution in [2.24, 2.45) is 5.92 Å². The lowest BCUT2D eigenvalue weighted by Gasteiger charge is -2.35. The van der Waals surface area contributed by atoms with Gasteiger partial charge in [-0.25, -0.2) is 0 Å². The van der Waals surface area contributed by atoms with E-state index in [1.807, 2.05) is 18.2 Å². The minimum atomic E-state index is -0.135. The third-order valence-electron chi connectivity index (χ3n) is 6.95. The molecule has 1 saturated heterocycles. The molecule has 0 aliphatic carbocycles. The van der Waals surface area contributed by atoms with Crippen molar-refractivity contribution < 1.29 is 14.3 Å². The molecule has 1 aliphatic rings. The molecule has 1 aliphatic heterocycles. The molecule has 2 amide bonds. The van der Waals surface area contributed by atoms with Crippen molar-refractivity contribution in [2.75, 3.05) is 43.6 Å². The molecule has 6 heteroatoms. The summed E-state index contributed by atoms with van der Waals surface area (Å²) in [6, 6.07) is 16.4. The number of rotatable bonds is 14. The number of ether oxygens (including phenoxy) is 1. The summed E-state index contributed by atoms with van der Waals surface area (Å²) in [7, 11) is 1.62. The predicted octanol–water partition coefficient (Wildman–Crippen LogP) is 5.82. The van der Waals surface area contributed by atoms with Crippen LogP contribution in [-0.4, -0.2) is 45.2 Å². The Morgan fingerprint density at radius 2 is 1.75 bits per heavy atom. The number of piperidine rings is 1. The van der Waals surface area contributed by atoms with Crippen molar-refractivity contribution in [3.05, 3.63) is 59.7 Å². The number of benzene rings is 2. The fraction of sp³-hybridized carbons (Fsp3) is 0.533. The van der Waals surface area contributed by atoms with E-state index in [0.717, 1.165) is 50.9 Å². The molecule has 0 radical (unpaired) electrons. The van der Waals surface area contributed by atoms with Crippen molar-refractivity contribution >= 4 is 23.2 Å². The zero-order chi connectivity index (χ0) is 25.6. The second-order valence-corrected chi connectivity index (χ2v) is 9.81. The van der Waals surface area contributed by atoms with Crippen molar-refractivity contribution in [1.82, 2.24) is 5.32 Å². The summed E-state index contributed by atoms with van der Waals surface area (Å²) in [6.45, 7) is 4.92. The molecule has 0 aromatic heterocycles. The topological polar surface area (TPSA) is 70.7 Å². The molecule has 0 unspecified atom stereocenters. The number of anilines is 2. The minimum Gasteiger partial charge on any atom is -0.383 e. The van der Waals surface area contributed by atoms with Crippen LogP contribution in [0.3, 0.4) is 0 Å². The summed E-state index contributed by atoms with van der Waals surface area (Å²) in [5.74, 6) is 0.523. The van der Waals surface area contributed by atoms with Gasteiger partial charge >= 0.3 is 0 Å². The van der Waals surface area contributed by atoms with Crippen LogP contribution in [0.2, 0.25) is 0 Å². The van der Waals surface area contributed by atoms with Gasteiger partial charge in [0.2, 0.25) is 5.91 Å². The number of hydrogen-bond donors (Lipinski definition) is 2. The van der Waals surface area contributed by atoms with Crippen LogP contribution in [0.25, 0.3) is 0 Å². The highest BCUT2D eigenvalue weighted by Gasteiger charge is 2.23. The van der Waals surface area contributed by atoms with E-state index in [1.54, 1.807) is 7.11 Å². The van der Waals surface area contributed by atoms with Crippen LogP contribution in [0.15, 0.2) is 48.5 Å². The number of amides is 2. The molecule has 0 saturated carbocycles. The lowest BCUT2D eigenvalue weighted by atomic mass is 9.89. The largest absolute Gasteiger partial charge is 0.383 e. The highest BCUT2D eigenvalue weighted by molar-refractivity contribution is 6.02. The third kappa shape index (κ3) is 8.98. The fourth-order valence-corrected chi connectivity index (χ4v) is 4.87. The fourth-order valence-electron chi connectivity index (χ4n) is 4.87. The highest BCUT2D eigenvalue weighted by atomic mass is 16.5. The first-order chi connectivity index (χ1) is 17.6. The smallest absolute Gasteiger partial charge is 0.253 e. The SMILES string of the molecule is CCCCCCCC(=O)Nc1ccc(N2CCC(Cc3ccccc3)CC2)c(C(=O)NCCOC)c1. The zero-order valence-corrected chi connectivity index (χ0v) is 22.1. The summed E-state index contributed by atoms with van der Waals surface area (Å²) >= 11 is 0. The van der Waals surface area contributed by atoms with Crippen molar-refractivity contribution in [3.63, 3.8) is 0 Å². The second kappa shape index (κ2) is 15.3. The standard InChI is InChI=1S/C30H43N3O3/c1-3-4-5-6-10-13-29(34)32-26-14-15-28(27(23-26)30(35)31-18-21-36-2)33-19-16-25(17-20-33)22-24-11-8-7-9-12-24/h7-9,11-12,14-15,23,25H,3-6,10,13,16-22H2,1-2H3,(H,31,35)(H,32,34). The molecule has 1 heterocycles. The van der Waals surface area contributed by atoms with Crippen molar-refractivity contribution in [2.45, 2.75) is 64.7 Å². The number of nitrogens with one attached hydrogen (secondary N) is 2. The van der Waals surface area contributed by atoms with Gasteiger partial charge in [0.25, 0.3) is 5.91 Å². The van der Waals surface area contributed by atoms with E-state index in [-0.39, 0.29) is 11.8 Å². The van der Waals surface area contributed by atoms with E-state index in [4.69, 9.17) is 4.74 Å². The van der Waals surface area contributed by atoms with E-state index >= 15 is 0 Å². The molecule has 36 heavy (non-hydrogen) atoms. The van der Waals surface area contributed by atoms with Gasteiger partial charge in [-0.05, 0) is 55.4 Å². The average Bonchev–Trinajstić information content (AvgIpc) is 2.90. The van der Waals surface area contributed by atoms with Gasteiger partial charge < -0.3 is 20.3 Å². The molecular weight excluding hydrogens is 450 g/mol. The van der Waals surface area contributed by atoms with Crippen molar-refractivity contribution in [3.8, 4) is 0 Å². The number of carbonyl (C=O) groups excluding carboxylic acids is 2. The minimum absolute atomic E-state index is 0.00622. The Morgan fingerprint density at radius 1 is 1.00 bits per heavy atom. The lowest BCUT2D eigenvalue weighted by molar-refractivity contribution is -0.116. The van der Waals surface area contributed by atoms with E-state index in [9.17, 15) is 9.59 Å². The molecule has 2 aromatic rings. The maximum atomic E-state index is 13.1. The van der Waals surface area contributed by atoms with Crippen LogP contribution in [0.5, 0.6) is 0 Å². The summed E-state index contributed by atoms with van der Waals surface area (Å²) < 4.78 is 5.09. The maximum absolute atomic E-state index is 13.1. The van der Waals surface area contributed by atoms with Gasteiger partial charge in [0.15, 0.2) is 0 Å². The first-order valence-electron chi connectivity index (χ1n) is 13.6. The van der Waals surface area contributed by atoms with Crippen LogP contribution in [-0.2, 0) is 16.0 Å². The maximum Gasteiger partial charge on any atom is 0.253 e. The molecule has 1 fully saturated rings. The number of methoxy groups -OCH3 is 1. The summed E-state index contributed by atoms with van der Waals surface area (Å²) in [4.78, 5) is 27.9. The van der Waals surface area contributed by atoms with Crippen LogP contribution in [0.1, 0.15) is 74.2 Å². The van der Waals surface area contributed by atoms with E-state index in [1.165, 1.54) is 24.8 Å². The van der Waals surface area contributed by atoms with Gasteiger partial charge in [-0.1, -0.05) is 62.9 Å². The van der Waals surface area contributed by atoms with Gasteiger partial charge in [-0.2, -0.15) is 0 Å². The Balaban J connectivity index is 1.63. The summed E-state index contributed by atoms with van der Waals surface area (Å²) in [5, 5.41) is 5.95. The van der Waals surface area contributed by atoms with Gasteiger partial charge in [-0.15, -0.1) is 0 Å². The Bertz CT molecular complexity index is 940. The molecule has 0 atom stereocenters. The number of hydrogen-bond acceptors (Lipinski definition) is 4.